The molecule has 130 valence electrons. The Morgan fingerprint density at radius 3 is 2.79 bits per heavy atom. The Hall–Kier alpha value is -1.77. The van der Waals surface area contributed by atoms with Gasteiger partial charge in [-0.2, -0.15) is 4.31 Å². The summed E-state index contributed by atoms with van der Waals surface area (Å²) in [6, 6.07) is 4.55. The van der Waals surface area contributed by atoms with Crippen LogP contribution in [0.2, 0.25) is 0 Å². The number of benzene rings is 1. The highest BCUT2D eigenvalue weighted by molar-refractivity contribution is 7.89. The smallest absolute Gasteiger partial charge is 0.266 e. The molecule has 24 heavy (non-hydrogen) atoms. The minimum absolute atomic E-state index is 0.140. The van der Waals surface area contributed by atoms with Crippen molar-refractivity contribution >= 4 is 21.1 Å². The first kappa shape index (κ1) is 17.1. The Labute approximate surface area is 140 Å². The summed E-state index contributed by atoms with van der Waals surface area (Å²) in [5.41, 5.74) is 0.491. The number of ether oxygens (including phenoxy) is 1. The van der Waals surface area contributed by atoms with Crippen LogP contribution in [0, 0.1) is 5.41 Å². The number of hydrogen-bond acceptors (Lipinski definition) is 5. The van der Waals surface area contributed by atoms with Crippen LogP contribution < -0.4 is 5.56 Å². The molecule has 8 heteroatoms. The molecule has 0 aliphatic carbocycles. The molecular weight excluding hydrogens is 330 g/mol. The summed E-state index contributed by atoms with van der Waals surface area (Å²) in [5, 5.41) is 0. The van der Waals surface area contributed by atoms with Crippen LogP contribution in [-0.2, 0) is 14.8 Å². The molecule has 2 aromatic rings. The van der Waals surface area contributed by atoms with E-state index in [1.165, 1.54) is 16.4 Å². The Morgan fingerprint density at radius 1 is 1.33 bits per heavy atom. The average molecular weight is 351 g/mol. The van der Waals surface area contributed by atoms with Crippen molar-refractivity contribution in [2.45, 2.75) is 31.8 Å². The number of hydrogen-bond donors (Lipinski definition) is 1. The first-order valence-corrected chi connectivity index (χ1v) is 9.23. The summed E-state index contributed by atoms with van der Waals surface area (Å²) in [6.07, 6.45) is 0.985. The molecule has 1 fully saturated rings. The maximum absolute atomic E-state index is 12.9. The van der Waals surface area contributed by atoms with Crippen LogP contribution in [0.15, 0.2) is 34.1 Å². The van der Waals surface area contributed by atoms with E-state index in [0.717, 1.165) is 6.20 Å². The van der Waals surface area contributed by atoms with E-state index in [0.29, 0.717) is 30.7 Å². The zero-order valence-electron chi connectivity index (χ0n) is 13.9. The Kier molecular flexibility index (Phi) is 4.23. The lowest BCUT2D eigenvalue weighted by atomic mass is 9.88. The zero-order valence-corrected chi connectivity index (χ0v) is 14.8. The van der Waals surface area contributed by atoms with Crippen molar-refractivity contribution in [2.75, 3.05) is 19.7 Å². The van der Waals surface area contributed by atoms with Gasteiger partial charge in [0.1, 0.15) is 0 Å². The number of aromatic amines is 1. The molecule has 1 aromatic carbocycles. The number of morpholine rings is 1. The van der Waals surface area contributed by atoms with Crippen molar-refractivity contribution in [2.24, 2.45) is 5.41 Å². The van der Waals surface area contributed by atoms with Gasteiger partial charge in [-0.15, -0.1) is 0 Å². The monoisotopic (exact) mass is 351 g/mol. The van der Waals surface area contributed by atoms with Gasteiger partial charge in [0, 0.05) is 13.1 Å². The van der Waals surface area contributed by atoms with E-state index >= 15 is 0 Å². The third-order valence-corrected chi connectivity index (χ3v) is 6.04. The van der Waals surface area contributed by atoms with Crippen LogP contribution in [0.4, 0.5) is 0 Å². The maximum Gasteiger partial charge on any atom is 0.266 e. The van der Waals surface area contributed by atoms with Crippen molar-refractivity contribution < 1.29 is 13.2 Å². The Balaban J connectivity index is 1.95. The van der Waals surface area contributed by atoms with E-state index in [9.17, 15) is 13.2 Å². The van der Waals surface area contributed by atoms with E-state index in [-0.39, 0.29) is 22.0 Å². The first-order chi connectivity index (χ1) is 11.2. The van der Waals surface area contributed by atoms with Gasteiger partial charge in [0.15, 0.2) is 0 Å². The average Bonchev–Trinajstić information content (AvgIpc) is 2.53. The number of fused-ring (bicyclic) bond motifs is 1. The second-order valence-electron chi connectivity index (χ2n) is 7.01. The van der Waals surface area contributed by atoms with E-state index in [1.807, 2.05) is 20.8 Å². The van der Waals surface area contributed by atoms with Gasteiger partial charge in [-0.25, -0.2) is 13.4 Å². The lowest BCUT2D eigenvalue weighted by molar-refractivity contribution is -0.0591. The van der Waals surface area contributed by atoms with Gasteiger partial charge >= 0.3 is 0 Å². The molecule has 0 amide bonds. The van der Waals surface area contributed by atoms with Crippen LogP contribution in [-0.4, -0.2) is 48.5 Å². The summed E-state index contributed by atoms with van der Waals surface area (Å²) in [4.78, 5) is 18.1. The fourth-order valence-corrected chi connectivity index (χ4v) is 4.14. The molecule has 1 unspecified atom stereocenters. The van der Waals surface area contributed by atoms with Crippen molar-refractivity contribution in [3.8, 4) is 0 Å². The summed E-state index contributed by atoms with van der Waals surface area (Å²) >= 11 is 0. The summed E-state index contributed by atoms with van der Waals surface area (Å²) in [7, 11) is -3.64. The fraction of sp³-hybridized carbons (Fsp3) is 0.500. The molecule has 1 aliphatic rings. The predicted octanol–water partition coefficient (Wildman–Crippen LogP) is 1.36. The summed E-state index contributed by atoms with van der Waals surface area (Å²) in [5.74, 6) is 0. The topological polar surface area (TPSA) is 92.4 Å². The molecule has 2 heterocycles. The van der Waals surface area contributed by atoms with Crippen molar-refractivity contribution in [3.05, 3.63) is 34.7 Å². The minimum atomic E-state index is -3.64. The lowest BCUT2D eigenvalue weighted by Crippen LogP contribution is -2.49. The number of nitrogens with one attached hydrogen (secondary N) is 1. The van der Waals surface area contributed by atoms with Crippen molar-refractivity contribution in [3.63, 3.8) is 0 Å². The van der Waals surface area contributed by atoms with Crippen LogP contribution in [0.5, 0.6) is 0 Å². The second-order valence-corrected chi connectivity index (χ2v) is 8.95. The maximum atomic E-state index is 12.9. The van der Waals surface area contributed by atoms with E-state index in [4.69, 9.17) is 4.74 Å². The highest BCUT2D eigenvalue weighted by atomic mass is 32.2. The standard InChI is InChI=1S/C16H21N3O4S/c1-16(2,3)14-10-19(6-7-23-14)24(21,22)11-4-5-12-13(8-11)17-9-15(20)18-12/h4-5,8-9,14H,6-7,10H2,1-3H3,(H,18,20). The van der Waals surface area contributed by atoms with E-state index < -0.39 is 10.0 Å². The van der Waals surface area contributed by atoms with Crippen molar-refractivity contribution in [1.82, 2.24) is 14.3 Å². The van der Waals surface area contributed by atoms with Gasteiger partial charge in [0.2, 0.25) is 10.0 Å². The van der Waals surface area contributed by atoms with E-state index in [2.05, 4.69) is 9.97 Å². The molecule has 0 bridgehead atoms. The molecule has 1 atom stereocenters. The third kappa shape index (κ3) is 3.22. The first-order valence-electron chi connectivity index (χ1n) is 7.79. The number of H-pyrrole nitrogens is 1. The minimum Gasteiger partial charge on any atom is -0.375 e. The van der Waals surface area contributed by atoms with Crippen molar-refractivity contribution in [1.29, 1.82) is 0 Å². The molecule has 0 spiro atoms. The predicted molar refractivity (Wildman–Crippen MR) is 90.3 cm³/mol. The second kappa shape index (κ2) is 5.94. The van der Waals surface area contributed by atoms with Gasteiger partial charge in [0.05, 0.1) is 34.8 Å². The van der Waals surface area contributed by atoms with Gasteiger partial charge in [-0.05, 0) is 23.6 Å². The van der Waals surface area contributed by atoms with Crippen LogP contribution in [0.3, 0.4) is 0 Å². The van der Waals surface area contributed by atoms with Crippen LogP contribution >= 0.6 is 0 Å². The third-order valence-electron chi connectivity index (χ3n) is 4.18. The molecule has 1 saturated heterocycles. The number of nitrogens with zero attached hydrogens (tertiary/aromatic N) is 2. The quantitative estimate of drug-likeness (QED) is 0.882. The number of rotatable bonds is 2. The zero-order chi connectivity index (χ0) is 17.5. The lowest BCUT2D eigenvalue weighted by Gasteiger charge is -2.38. The molecule has 3 rings (SSSR count). The number of sulfonamides is 1. The van der Waals surface area contributed by atoms with Crippen LogP contribution in [0.25, 0.3) is 11.0 Å². The molecule has 0 saturated carbocycles. The summed E-state index contributed by atoms with van der Waals surface area (Å²) < 4.78 is 33.1. The van der Waals surface area contributed by atoms with Crippen LogP contribution in [0.1, 0.15) is 20.8 Å². The highest BCUT2D eigenvalue weighted by Crippen LogP contribution is 2.28. The normalized spacial score (nSPS) is 20.4. The number of aromatic nitrogens is 2. The van der Waals surface area contributed by atoms with Gasteiger partial charge < -0.3 is 9.72 Å². The largest absolute Gasteiger partial charge is 0.375 e. The highest BCUT2D eigenvalue weighted by Gasteiger charge is 2.36. The molecule has 1 aromatic heterocycles. The van der Waals surface area contributed by atoms with E-state index in [1.54, 1.807) is 6.07 Å². The SMILES string of the molecule is CC(C)(C)C1CN(S(=O)(=O)c2ccc3[nH]c(=O)cnc3c2)CCO1. The van der Waals surface area contributed by atoms with Gasteiger partial charge in [0.25, 0.3) is 5.56 Å². The molecule has 1 N–H and O–H groups in total. The van der Waals surface area contributed by atoms with Gasteiger partial charge in [-0.1, -0.05) is 20.8 Å². The fourth-order valence-electron chi connectivity index (χ4n) is 2.69. The molecule has 7 nitrogen and oxygen atoms in total. The van der Waals surface area contributed by atoms with Gasteiger partial charge in [-0.3, -0.25) is 4.79 Å². The molecule has 1 aliphatic heterocycles. The Bertz CT molecular complexity index is 915. The summed E-state index contributed by atoms with van der Waals surface area (Å²) in [6.45, 7) is 7.12. The molecular formula is C16H21N3O4S. The Morgan fingerprint density at radius 2 is 2.08 bits per heavy atom. The molecule has 0 radical (unpaired) electrons.